The third-order valence-corrected chi connectivity index (χ3v) is 3.97. The van der Waals surface area contributed by atoms with E-state index in [1.165, 1.54) is 12.1 Å². The maximum Gasteiger partial charge on any atom is 0.320 e. The fraction of sp³-hybridized carbons (Fsp3) is 0.350. The number of likely N-dealkylation sites (N-methyl/N-ethyl adjacent to an activating group) is 1. The molecule has 0 aliphatic rings. The number of hydrogen-bond acceptors (Lipinski definition) is 6. The number of benzene rings is 2. The van der Waals surface area contributed by atoms with Crippen molar-refractivity contribution in [1.29, 1.82) is 0 Å². The molecule has 2 aromatic rings. The van der Waals surface area contributed by atoms with E-state index in [1.807, 2.05) is 42.3 Å². The van der Waals surface area contributed by atoms with Crippen LogP contribution in [0.1, 0.15) is 25.0 Å². The van der Waals surface area contributed by atoms with Gasteiger partial charge in [-0.1, -0.05) is 30.3 Å². The molecule has 2 aromatic carbocycles. The summed E-state index contributed by atoms with van der Waals surface area (Å²) in [4.78, 5) is 23.8. The molecule has 0 unspecified atom stereocenters. The number of ether oxygens (including phenoxy) is 2. The van der Waals surface area contributed by atoms with Crippen LogP contribution in [0.3, 0.4) is 0 Å². The van der Waals surface area contributed by atoms with E-state index < -0.39 is 4.92 Å². The van der Waals surface area contributed by atoms with Gasteiger partial charge in [0.15, 0.2) is 0 Å². The van der Waals surface area contributed by atoms with E-state index in [0.29, 0.717) is 25.3 Å². The van der Waals surface area contributed by atoms with Crippen molar-refractivity contribution in [2.45, 2.75) is 19.4 Å². The number of nitro benzene ring substituents is 1. The molecule has 0 fully saturated rings. The number of non-ortho nitro benzene ring substituents is 1. The predicted molar refractivity (Wildman–Crippen MR) is 102 cm³/mol. The summed E-state index contributed by atoms with van der Waals surface area (Å²) in [5.74, 6) is 0.301. The topological polar surface area (TPSA) is 81.9 Å². The summed E-state index contributed by atoms with van der Waals surface area (Å²) in [5, 5.41) is 10.8. The van der Waals surface area contributed by atoms with Gasteiger partial charge in [-0.3, -0.25) is 19.8 Å². The van der Waals surface area contributed by atoms with Crippen molar-refractivity contribution < 1.29 is 19.2 Å². The number of nitrogens with zero attached hydrogens (tertiary/aromatic N) is 2. The summed E-state index contributed by atoms with van der Waals surface area (Å²) < 4.78 is 11.0. The maximum atomic E-state index is 11.6. The number of carbonyl (C=O) groups is 1. The number of esters is 1. The molecule has 0 aromatic heterocycles. The minimum Gasteiger partial charge on any atom is -0.486 e. The lowest BCUT2D eigenvalue weighted by atomic mass is 10.1. The molecule has 0 N–H and O–H groups in total. The van der Waals surface area contributed by atoms with Crippen molar-refractivity contribution in [3.8, 4) is 5.75 Å². The Morgan fingerprint density at radius 3 is 2.41 bits per heavy atom. The molecule has 0 spiro atoms. The van der Waals surface area contributed by atoms with Crippen LogP contribution in [0.5, 0.6) is 5.75 Å². The van der Waals surface area contributed by atoms with Gasteiger partial charge in [0.1, 0.15) is 11.9 Å². The standard InChI is InChI=1S/C20H24N2O5/c1-3-26-20(23)15-21(2)14-13-19(16-7-5-4-6-8-16)27-18-11-9-17(10-12-18)22(24)25/h4-12,19H,3,13-15H2,1-2H3/t19-/m1/s1. The van der Waals surface area contributed by atoms with Crippen LogP contribution in [0.2, 0.25) is 0 Å². The molecular formula is C20H24N2O5. The van der Waals surface area contributed by atoms with Gasteiger partial charge in [0.25, 0.3) is 5.69 Å². The average molecular weight is 372 g/mol. The van der Waals surface area contributed by atoms with Crippen molar-refractivity contribution in [2.24, 2.45) is 0 Å². The lowest BCUT2D eigenvalue weighted by Gasteiger charge is -2.23. The largest absolute Gasteiger partial charge is 0.486 e. The number of rotatable bonds is 10. The van der Waals surface area contributed by atoms with Crippen LogP contribution in [0.25, 0.3) is 0 Å². The molecule has 0 radical (unpaired) electrons. The maximum absolute atomic E-state index is 11.6. The summed E-state index contributed by atoms with van der Waals surface area (Å²) >= 11 is 0. The van der Waals surface area contributed by atoms with Crippen molar-refractivity contribution in [3.63, 3.8) is 0 Å². The zero-order valence-electron chi connectivity index (χ0n) is 15.5. The second kappa shape index (κ2) is 10.3. The molecule has 0 saturated carbocycles. The van der Waals surface area contributed by atoms with Gasteiger partial charge in [0.2, 0.25) is 0 Å². The molecule has 7 nitrogen and oxygen atoms in total. The molecule has 0 heterocycles. The fourth-order valence-electron chi connectivity index (χ4n) is 2.62. The Hall–Kier alpha value is -2.93. The van der Waals surface area contributed by atoms with Crippen molar-refractivity contribution >= 4 is 11.7 Å². The van der Waals surface area contributed by atoms with Gasteiger partial charge in [-0.05, 0) is 31.7 Å². The molecule has 1 atom stereocenters. The SMILES string of the molecule is CCOC(=O)CN(C)CC[C@@H](Oc1ccc([N+](=O)[O-])cc1)c1ccccc1. The van der Waals surface area contributed by atoms with E-state index in [-0.39, 0.29) is 24.3 Å². The Morgan fingerprint density at radius 1 is 1.15 bits per heavy atom. The Kier molecular flexibility index (Phi) is 7.76. The van der Waals surface area contributed by atoms with Crippen LogP contribution in [0.4, 0.5) is 5.69 Å². The third kappa shape index (κ3) is 6.71. The van der Waals surface area contributed by atoms with E-state index in [1.54, 1.807) is 19.1 Å². The highest BCUT2D eigenvalue weighted by Crippen LogP contribution is 2.26. The van der Waals surface area contributed by atoms with Crippen LogP contribution < -0.4 is 4.74 Å². The molecule has 0 bridgehead atoms. The zero-order valence-corrected chi connectivity index (χ0v) is 15.5. The highest BCUT2D eigenvalue weighted by molar-refractivity contribution is 5.71. The van der Waals surface area contributed by atoms with Gasteiger partial charge >= 0.3 is 5.97 Å². The van der Waals surface area contributed by atoms with Crippen LogP contribution in [-0.4, -0.2) is 42.5 Å². The number of hydrogen-bond donors (Lipinski definition) is 0. The first-order chi connectivity index (χ1) is 13.0. The van der Waals surface area contributed by atoms with E-state index in [4.69, 9.17) is 9.47 Å². The van der Waals surface area contributed by atoms with E-state index >= 15 is 0 Å². The van der Waals surface area contributed by atoms with Crippen LogP contribution >= 0.6 is 0 Å². The van der Waals surface area contributed by atoms with Gasteiger partial charge in [0.05, 0.1) is 18.1 Å². The Balaban J connectivity index is 2.03. The molecule has 0 aliphatic carbocycles. The molecule has 144 valence electrons. The van der Waals surface area contributed by atoms with Gasteiger partial charge in [-0.25, -0.2) is 0 Å². The smallest absolute Gasteiger partial charge is 0.320 e. The van der Waals surface area contributed by atoms with Crippen molar-refractivity contribution in [2.75, 3.05) is 26.7 Å². The second-order valence-corrected chi connectivity index (χ2v) is 6.10. The normalized spacial score (nSPS) is 11.8. The monoisotopic (exact) mass is 372 g/mol. The van der Waals surface area contributed by atoms with Crippen LogP contribution in [0, 0.1) is 10.1 Å². The summed E-state index contributed by atoms with van der Waals surface area (Å²) in [6.07, 6.45) is 0.411. The lowest BCUT2D eigenvalue weighted by Crippen LogP contribution is -2.29. The van der Waals surface area contributed by atoms with E-state index in [2.05, 4.69) is 0 Å². The van der Waals surface area contributed by atoms with Crippen LogP contribution in [-0.2, 0) is 9.53 Å². The first-order valence-corrected chi connectivity index (χ1v) is 8.79. The summed E-state index contributed by atoms with van der Waals surface area (Å²) in [5.41, 5.74) is 1.02. The summed E-state index contributed by atoms with van der Waals surface area (Å²) in [6.45, 7) is 2.99. The Morgan fingerprint density at radius 2 is 1.81 bits per heavy atom. The van der Waals surface area contributed by atoms with E-state index in [0.717, 1.165) is 5.56 Å². The summed E-state index contributed by atoms with van der Waals surface area (Å²) in [7, 11) is 1.85. The molecule has 7 heteroatoms. The molecule has 0 saturated heterocycles. The fourth-order valence-corrected chi connectivity index (χ4v) is 2.62. The molecular weight excluding hydrogens is 348 g/mol. The molecule has 0 amide bonds. The Labute approximate surface area is 158 Å². The Bertz CT molecular complexity index is 734. The van der Waals surface area contributed by atoms with Crippen LogP contribution in [0.15, 0.2) is 54.6 Å². The minimum atomic E-state index is -0.442. The average Bonchev–Trinajstić information content (AvgIpc) is 2.66. The third-order valence-electron chi connectivity index (χ3n) is 3.97. The van der Waals surface area contributed by atoms with Gasteiger partial charge in [-0.15, -0.1) is 0 Å². The molecule has 2 rings (SSSR count). The van der Waals surface area contributed by atoms with Gasteiger partial charge < -0.3 is 9.47 Å². The van der Waals surface area contributed by atoms with Gasteiger partial charge in [0, 0.05) is 25.1 Å². The lowest BCUT2D eigenvalue weighted by molar-refractivity contribution is -0.384. The first-order valence-electron chi connectivity index (χ1n) is 8.79. The van der Waals surface area contributed by atoms with Crippen molar-refractivity contribution in [1.82, 2.24) is 4.90 Å². The quantitative estimate of drug-likeness (QED) is 0.360. The molecule has 0 aliphatic heterocycles. The second-order valence-electron chi connectivity index (χ2n) is 6.10. The highest BCUT2D eigenvalue weighted by atomic mass is 16.6. The van der Waals surface area contributed by atoms with E-state index in [9.17, 15) is 14.9 Å². The molecule has 27 heavy (non-hydrogen) atoms. The summed E-state index contributed by atoms with van der Waals surface area (Å²) in [6, 6.07) is 15.8. The van der Waals surface area contributed by atoms with Crippen molar-refractivity contribution in [3.05, 3.63) is 70.3 Å². The number of nitro groups is 1. The highest BCUT2D eigenvalue weighted by Gasteiger charge is 2.16. The first kappa shape index (κ1) is 20.4. The zero-order chi connectivity index (χ0) is 19.6. The minimum absolute atomic E-state index is 0.0211. The number of carbonyl (C=O) groups excluding carboxylic acids is 1. The van der Waals surface area contributed by atoms with Gasteiger partial charge in [-0.2, -0.15) is 0 Å². The predicted octanol–water partition coefficient (Wildman–Crippen LogP) is 3.60.